The van der Waals surface area contributed by atoms with Gasteiger partial charge in [0.2, 0.25) is 5.91 Å². The van der Waals surface area contributed by atoms with Gasteiger partial charge in [-0.25, -0.2) is 14.4 Å². The van der Waals surface area contributed by atoms with Gasteiger partial charge in [-0.05, 0) is 24.6 Å². The van der Waals surface area contributed by atoms with Crippen molar-refractivity contribution in [2.24, 2.45) is 0 Å². The number of carbonyl (C=O) groups is 1. The van der Waals surface area contributed by atoms with Gasteiger partial charge in [-0.15, -0.1) is 0 Å². The number of carbonyl (C=O) groups excluding carboxylic acids is 1. The Labute approximate surface area is 122 Å². The smallest absolute Gasteiger partial charge is 0.222 e. The number of benzene rings is 1. The van der Waals surface area contributed by atoms with Crippen LogP contribution < -0.4 is 4.90 Å². The molecule has 1 aromatic heterocycles. The van der Waals surface area contributed by atoms with Gasteiger partial charge in [0.15, 0.2) is 0 Å². The van der Waals surface area contributed by atoms with Gasteiger partial charge in [-0.1, -0.05) is 0 Å². The van der Waals surface area contributed by atoms with Crippen LogP contribution in [0.2, 0.25) is 0 Å². The molecule has 0 aliphatic carbocycles. The fourth-order valence-electron chi connectivity index (χ4n) is 2.64. The average Bonchev–Trinajstić information content (AvgIpc) is 2.89. The zero-order valence-electron chi connectivity index (χ0n) is 11.9. The van der Waals surface area contributed by atoms with E-state index in [9.17, 15) is 9.18 Å². The Balaban J connectivity index is 1.79. The lowest BCUT2D eigenvalue weighted by Crippen LogP contribution is -2.34. The summed E-state index contributed by atoms with van der Waals surface area (Å²) in [6.07, 6.45) is 3.06. The van der Waals surface area contributed by atoms with E-state index in [4.69, 9.17) is 0 Å². The molecule has 1 aliphatic heterocycles. The molecule has 0 N–H and O–H groups in total. The van der Waals surface area contributed by atoms with Crippen LogP contribution in [0.3, 0.4) is 0 Å². The van der Waals surface area contributed by atoms with Crippen molar-refractivity contribution in [1.82, 2.24) is 14.9 Å². The second kappa shape index (κ2) is 5.63. The fraction of sp³-hybridized carbons (Fsp3) is 0.400. The Kier molecular flexibility index (Phi) is 3.68. The van der Waals surface area contributed by atoms with E-state index < -0.39 is 0 Å². The number of amides is 1. The van der Waals surface area contributed by atoms with E-state index >= 15 is 0 Å². The molecule has 0 spiro atoms. The molecule has 2 heterocycles. The van der Waals surface area contributed by atoms with Crippen molar-refractivity contribution in [2.75, 3.05) is 31.6 Å². The van der Waals surface area contributed by atoms with Crippen LogP contribution in [0.15, 0.2) is 24.5 Å². The third-order valence-electron chi connectivity index (χ3n) is 3.81. The fourth-order valence-corrected chi connectivity index (χ4v) is 2.64. The van der Waals surface area contributed by atoms with Crippen molar-refractivity contribution in [2.45, 2.75) is 12.8 Å². The molecule has 2 aromatic rings. The van der Waals surface area contributed by atoms with E-state index in [1.807, 2.05) is 16.8 Å². The monoisotopic (exact) mass is 288 g/mol. The zero-order valence-corrected chi connectivity index (χ0v) is 11.9. The molecule has 1 fully saturated rings. The molecular formula is C15H17FN4O. The lowest BCUT2D eigenvalue weighted by Gasteiger charge is -2.23. The Bertz CT molecular complexity index is 676. The van der Waals surface area contributed by atoms with E-state index in [-0.39, 0.29) is 11.7 Å². The highest BCUT2D eigenvalue weighted by Crippen LogP contribution is 2.22. The number of likely N-dealkylation sites (N-methyl/N-ethyl adjacent to an activating group) is 1. The van der Waals surface area contributed by atoms with Crippen molar-refractivity contribution in [3.63, 3.8) is 0 Å². The van der Waals surface area contributed by atoms with E-state index in [2.05, 4.69) is 9.97 Å². The third-order valence-corrected chi connectivity index (χ3v) is 3.81. The van der Waals surface area contributed by atoms with Crippen molar-refractivity contribution >= 4 is 22.6 Å². The van der Waals surface area contributed by atoms with Crippen LogP contribution in [-0.4, -0.2) is 47.5 Å². The van der Waals surface area contributed by atoms with E-state index in [1.165, 1.54) is 18.5 Å². The maximum atomic E-state index is 13.4. The maximum absolute atomic E-state index is 13.4. The molecule has 1 amide bonds. The number of fused-ring (bicyclic) bond motifs is 1. The second-order valence-electron chi connectivity index (χ2n) is 5.26. The minimum atomic E-state index is -0.304. The summed E-state index contributed by atoms with van der Waals surface area (Å²) in [6.45, 7) is 2.15. The molecule has 1 saturated heterocycles. The highest BCUT2D eigenvalue weighted by atomic mass is 19.1. The summed E-state index contributed by atoms with van der Waals surface area (Å²) in [5, 5.41) is 0.688. The first-order valence-electron chi connectivity index (χ1n) is 7.04. The number of likely N-dealkylation sites (tertiary alicyclic amines) is 1. The molecule has 0 unspecified atom stereocenters. The normalized spacial score (nSPS) is 15.0. The van der Waals surface area contributed by atoms with Crippen molar-refractivity contribution < 1.29 is 9.18 Å². The van der Waals surface area contributed by atoms with Crippen LogP contribution in [-0.2, 0) is 4.79 Å². The minimum Gasteiger partial charge on any atom is -0.357 e. The molecule has 6 heteroatoms. The summed E-state index contributed by atoms with van der Waals surface area (Å²) in [7, 11) is 1.90. The lowest BCUT2D eigenvalue weighted by molar-refractivity contribution is -0.127. The van der Waals surface area contributed by atoms with Gasteiger partial charge in [-0.2, -0.15) is 0 Å². The van der Waals surface area contributed by atoms with Crippen LogP contribution in [0.5, 0.6) is 0 Å². The summed E-state index contributed by atoms with van der Waals surface area (Å²) >= 11 is 0. The van der Waals surface area contributed by atoms with E-state index in [0.717, 1.165) is 13.0 Å². The van der Waals surface area contributed by atoms with Gasteiger partial charge in [0, 0.05) is 38.5 Å². The molecule has 0 atom stereocenters. The highest BCUT2D eigenvalue weighted by Gasteiger charge is 2.20. The van der Waals surface area contributed by atoms with Crippen molar-refractivity contribution in [3.8, 4) is 0 Å². The number of hydrogen-bond acceptors (Lipinski definition) is 4. The summed E-state index contributed by atoms with van der Waals surface area (Å²) in [5.74, 6) is 0.592. The van der Waals surface area contributed by atoms with Gasteiger partial charge < -0.3 is 9.80 Å². The largest absolute Gasteiger partial charge is 0.357 e. The molecular weight excluding hydrogens is 271 g/mol. The quantitative estimate of drug-likeness (QED) is 0.861. The van der Waals surface area contributed by atoms with Crippen molar-refractivity contribution in [3.05, 3.63) is 30.3 Å². The van der Waals surface area contributed by atoms with Crippen LogP contribution in [0, 0.1) is 5.82 Å². The first-order valence-corrected chi connectivity index (χ1v) is 7.04. The van der Waals surface area contributed by atoms with E-state index in [1.54, 1.807) is 6.07 Å². The van der Waals surface area contributed by atoms with Crippen LogP contribution in [0.4, 0.5) is 10.2 Å². The summed E-state index contributed by atoms with van der Waals surface area (Å²) in [4.78, 5) is 23.8. The first-order chi connectivity index (χ1) is 10.1. The summed E-state index contributed by atoms with van der Waals surface area (Å²) in [5.41, 5.74) is 0.713. The molecule has 21 heavy (non-hydrogen) atoms. The standard InChI is InChI=1S/C15H17FN4O/c1-19(7-8-20-6-2-3-14(20)21)15-12-9-11(16)4-5-13(12)17-10-18-15/h4-5,9-10H,2-3,6-8H2,1H3. The van der Waals surface area contributed by atoms with Crippen LogP contribution >= 0.6 is 0 Å². The molecule has 3 rings (SSSR count). The Morgan fingerprint density at radius 3 is 3.00 bits per heavy atom. The second-order valence-corrected chi connectivity index (χ2v) is 5.26. The lowest BCUT2D eigenvalue weighted by atomic mass is 10.2. The Morgan fingerprint density at radius 2 is 2.24 bits per heavy atom. The molecule has 1 aromatic carbocycles. The molecule has 1 aliphatic rings. The molecule has 110 valence electrons. The number of rotatable bonds is 4. The zero-order chi connectivity index (χ0) is 14.8. The molecule has 0 radical (unpaired) electrons. The highest BCUT2D eigenvalue weighted by molar-refractivity contribution is 5.89. The number of hydrogen-bond donors (Lipinski definition) is 0. The van der Waals surface area contributed by atoms with Gasteiger partial charge in [0.05, 0.1) is 5.52 Å². The Hall–Kier alpha value is -2.24. The van der Waals surface area contributed by atoms with Crippen LogP contribution in [0.1, 0.15) is 12.8 Å². The Morgan fingerprint density at radius 1 is 1.38 bits per heavy atom. The average molecular weight is 288 g/mol. The number of aromatic nitrogens is 2. The SMILES string of the molecule is CN(CCN1CCCC1=O)c1ncnc2ccc(F)cc12. The minimum absolute atomic E-state index is 0.210. The van der Waals surface area contributed by atoms with E-state index in [0.29, 0.717) is 36.2 Å². The van der Waals surface area contributed by atoms with Crippen molar-refractivity contribution in [1.29, 1.82) is 0 Å². The number of anilines is 1. The maximum Gasteiger partial charge on any atom is 0.222 e. The predicted molar refractivity (Wildman–Crippen MR) is 78.6 cm³/mol. The summed E-state index contributed by atoms with van der Waals surface area (Å²) < 4.78 is 13.4. The first kappa shape index (κ1) is 13.7. The van der Waals surface area contributed by atoms with Gasteiger partial charge in [0.25, 0.3) is 0 Å². The molecule has 0 saturated carbocycles. The van der Waals surface area contributed by atoms with Gasteiger partial charge >= 0.3 is 0 Å². The topological polar surface area (TPSA) is 49.3 Å². The molecule has 0 bridgehead atoms. The predicted octanol–water partition coefficient (Wildman–Crippen LogP) is 1.83. The van der Waals surface area contributed by atoms with Gasteiger partial charge in [-0.3, -0.25) is 4.79 Å². The number of halogens is 1. The molecule has 5 nitrogen and oxygen atoms in total. The summed E-state index contributed by atoms with van der Waals surface area (Å²) in [6, 6.07) is 4.48. The van der Waals surface area contributed by atoms with Crippen LogP contribution in [0.25, 0.3) is 10.9 Å². The third kappa shape index (κ3) is 2.79. The number of nitrogens with zero attached hydrogens (tertiary/aromatic N) is 4. The van der Waals surface area contributed by atoms with Gasteiger partial charge in [0.1, 0.15) is 18.0 Å².